The number of esters is 2. The predicted molar refractivity (Wildman–Crippen MR) is 180 cm³/mol. The van der Waals surface area contributed by atoms with E-state index < -0.39 is 18.0 Å². The van der Waals surface area contributed by atoms with Crippen LogP contribution in [-0.2, 0) is 19.1 Å². The summed E-state index contributed by atoms with van der Waals surface area (Å²) in [5.41, 5.74) is 7.43. The van der Waals surface area contributed by atoms with Crippen molar-refractivity contribution in [3.05, 3.63) is 107 Å². The predicted octanol–water partition coefficient (Wildman–Crippen LogP) is 4.77. The van der Waals surface area contributed by atoms with Crippen molar-refractivity contribution >= 4 is 29.4 Å². The normalized spacial score (nSPS) is 14.5. The van der Waals surface area contributed by atoms with E-state index in [4.69, 9.17) is 23.9 Å². The second-order valence-electron chi connectivity index (χ2n) is 11.3. The van der Waals surface area contributed by atoms with Gasteiger partial charge in [0.15, 0.2) is 22.9 Å². The average molecular weight is 658 g/mol. The molecule has 0 saturated carbocycles. The number of carbonyl (C=O) groups is 2. The number of hydrogen-bond donors (Lipinski definition) is 0. The maximum absolute atomic E-state index is 14.3. The molecule has 1 atom stereocenters. The van der Waals surface area contributed by atoms with Crippen LogP contribution in [0.1, 0.15) is 60.5 Å². The van der Waals surface area contributed by atoms with Gasteiger partial charge in [-0.2, -0.15) is 0 Å². The molecule has 0 unspecified atom stereocenters. The number of allylic oxidation sites excluding steroid dienone is 1. The number of aromatic nitrogens is 2. The van der Waals surface area contributed by atoms with Gasteiger partial charge in [0, 0.05) is 17.1 Å². The zero-order valence-electron chi connectivity index (χ0n) is 27.9. The first kappa shape index (κ1) is 33.5. The summed E-state index contributed by atoms with van der Waals surface area (Å²) in [6, 6.07) is 12.7. The molecule has 0 radical (unpaired) electrons. The lowest BCUT2D eigenvalue weighted by Crippen LogP contribution is -2.40. The van der Waals surface area contributed by atoms with Crippen LogP contribution in [0.4, 0.5) is 0 Å². The molecule has 246 valence electrons. The molecule has 0 aliphatic carbocycles. The molecule has 3 heterocycles. The van der Waals surface area contributed by atoms with E-state index in [1.807, 2.05) is 19.9 Å². The topological polar surface area (TPSA) is 110 Å². The molecule has 0 fully saturated rings. The fourth-order valence-corrected chi connectivity index (χ4v) is 6.92. The molecule has 1 aliphatic rings. The van der Waals surface area contributed by atoms with Crippen molar-refractivity contribution < 1.29 is 28.5 Å². The summed E-state index contributed by atoms with van der Waals surface area (Å²) in [6.45, 7) is 13.7. The fraction of sp³-hybridized carbons (Fsp3) is 0.333. The van der Waals surface area contributed by atoms with E-state index in [0.29, 0.717) is 38.7 Å². The van der Waals surface area contributed by atoms with Gasteiger partial charge < -0.3 is 23.5 Å². The van der Waals surface area contributed by atoms with Crippen LogP contribution >= 0.6 is 11.3 Å². The number of fused-ring (bicyclic) bond motifs is 1. The Morgan fingerprint density at radius 1 is 0.957 bits per heavy atom. The van der Waals surface area contributed by atoms with E-state index in [1.165, 1.54) is 24.0 Å². The van der Waals surface area contributed by atoms with Crippen LogP contribution in [0, 0.1) is 27.7 Å². The van der Waals surface area contributed by atoms with Crippen molar-refractivity contribution in [2.45, 2.75) is 54.5 Å². The van der Waals surface area contributed by atoms with E-state index in [-0.39, 0.29) is 24.3 Å². The summed E-state index contributed by atoms with van der Waals surface area (Å²) >= 11 is 1.27. The number of thiazole rings is 1. The Kier molecular flexibility index (Phi) is 9.85. The van der Waals surface area contributed by atoms with Gasteiger partial charge in [-0.05, 0) is 95.5 Å². The third-order valence-corrected chi connectivity index (χ3v) is 9.01. The first-order valence-electron chi connectivity index (χ1n) is 15.4. The molecule has 4 aromatic rings. The molecule has 0 saturated heterocycles. The second kappa shape index (κ2) is 13.8. The van der Waals surface area contributed by atoms with Crippen molar-refractivity contribution in [2.75, 3.05) is 26.9 Å². The Hall–Kier alpha value is -4.90. The van der Waals surface area contributed by atoms with Gasteiger partial charge >= 0.3 is 11.9 Å². The summed E-state index contributed by atoms with van der Waals surface area (Å²) in [6.07, 6.45) is 1.89. The first-order chi connectivity index (χ1) is 22.5. The number of carbonyl (C=O) groups excluding carboxylic acids is 2. The minimum absolute atomic E-state index is 0.160. The van der Waals surface area contributed by atoms with E-state index in [2.05, 4.69) is 49.6 Å². The molecule has 0 spiro atoms. The third-order valence-electron chi connectivity index (χ3n) is 8.02. The number of methoxy groups -OCH3 is 1. The molecule has 2 aromatic carbocycles. The number of hydrogen-bond acceptors (Lipinski definition) is 9. The summed E-state index contributed by atoms with van der Waals surface area (Å²) in [4.78, 5) is 44.6. The van der Waals surface area contributed by atoms with Crippen LogP contribution in [-0.4, -0.2) is 48.0 Å². The van der Waals surface area contributed by atoms with Crippen molar-refractivity contribution in [2.24, 2.45) is 4.99 Å². The van der Waals surface area contributed by atoms with E-state index in [9.17, 15) is 14.4 Å². The molecule has 11 heteroatoms. The van der Waals surface area contributed by atoms with Crippen LogP contribution in [0.3, 0.4) is 0 Å². The summed E-state index contributed by atoms with van der Waals surface area (Å²) in [5, 5.41) is 0. The van der Waals surface area contributed by atoms with Gasteiger partial charge in [0.1, 0.15) is 0 Å². The number of nitrogens with zero attached hydrogens (tertiary/aromatic N) is 3. The van der Waals surface area contributed by atoms with Crippen LogP contribution < -0.4 is 24.4 Å². The average Bonchev–Trinajstić information content (AvgIpc) is 3.49. The van der Waals surface area contributed by atoms with Gasteiger partial charge in [0.05, 0.1) is 42.2 Å². The molecule has 5 rings (SSSR count). The highest BCUT2D eigenvalue weighted by molar-refractivity contribution is 7.07. The van der Waals surface area contributed by atoms with Crippen LogP contribution in [0.25, 0.3) is 11.8 Å². The van der Waals surface area contributed by atoms with Gasteiger partial charge in [0.2, 0.25) is 0 Å². The van der Waals surface area contributed by atoms with Crippen LogP contribution in [0.15, 0.2) is 63.5 Å². The molecular weight excluding hydrogens is 618 g/mol. The lowest BCUT2D eigenvalue weighted by molar-refractivity contribution is -0.143. The Bertz CT molecular complexity index is 2080. The molecule has 10 nitrogen and oxygen atoms in total. The van der Waals surface area contributed by atoms with E-state index in [0.717, 1.165) is 28.2 Å². The molecule has 47 heavy (non-hydrogen) atoms. The standard InChI is InChI=1S/C36H39N3O7S/c1-9-44-29-17-25(12-14-28(29)46-19-31(40)43-8)33-32(35(42)45-10-2)23(6)37-36-39(33)34(41)30(47-36)18-26-16-22(5)38(24(26)7)27-13-11-20(3)15-21(27)4/h11-18,33H,9-10,19H2,1-8H3/b30-18-/t33-/m0/s1. The number of benzene rings is 2. The van der Waals surface area contributed by atoms with Crippen molar-refractivity contribution in [3.63, 3.8) is 0 Å². The lowest BCUT2D eigenvalue weighted by Gasteiger charge is -2.25. The van der Waals surface area contributed by atoms with Crippen LogP contribution in [0.2, 0.25) is 0 Å². The number of aryl methyl sites for hydroxylation is 3. The number of rotatable bonds is 10. The third kappa shape index (κ3) is 6.53. The van der Waals surface area contributed by atoms with E-state index >= 15 is 0 Å². The smallest absolute Gasteiger partial charge is 0.343 e. The first-order valence-corrected chi connectivity index (χ1v) is 16.2. The minimum Gasteiger partial charge on any atom is -0.490 e. The molecule has 0 N–H and O–H groups in total. The minimum atomic E-state index is -0.844. The van der Waals surface area contributed by atoms with Gasteiger partial charge in [0.25, 0.3) is 5.56 Å². The monoisotopic (exact) mass is 657 g/mol. The zero-order valence-corrected chi connectivity index (χ0v) is 28.7. The summed E-state index contributed by atoms with van der Waals surface area (Å²) in [7, 11) is 1.28. The van der Waals surface area contributed by atoms with Gasteiger partial charge in [-0.15, -0.1) is 0 Å². The Morgan fingerprint density at radius 3 is 2.40 bits per heavy atom. The molecule has 1 aliphatic heterocycles. The zero-order chi connectivity index (χ0) is 34.0. The Labute approximate surface area is 277 Å². The maximum atomic E-state index is 14.3. The highest BCUT2D eigenvalue weighted by Gasteiger charge is 2.34. The second-order valence-corrected chi connectivity index (χ2v) is 12.3. The Balaban J connectivity index is 1.67. The Morgan fingerprint density at radius 2 is 1.72 bits per heavy atom. The van der Waals surface area contributed by atoms with Gasteiger partial charge in [-0.25, -0.2) is 14.6 Å². The van der Waals surface area contributed by atoms with Crippen molar-refractivity contribution in [1.82, 2.24) is 9.13 Å². The van der Waals surface area contributed by atoms with E-state index in [1.54, 1.807) is 36.6 Å². The van der Waals surface area contributed by atoms with Crippen molar-refractivity contribution in [1.29, 1.82) is 0 Å². The quantitative estimate of drug-likeness (QED) is 0.226. The molecule has 0 bridgehead atoms. The maximum Gasteiger partial charge on any atom is 0.343 e. The highest BCUT2D eigenvalue weighted by atomic mass is 32.1. The van der Waals surface area contributed by atoms with Crippen LogP contribution in [0.5, 0.6) is 11.5 Å². The largest absolute Gasteiger partial charge is 0.490 e. The molecule has 0 amide bonds. The van der Waals surface area contributed by atoms with Gasteiger partial charge in [-0.3, -0.25) is 9.36 Å². The number of ether oxygens (including phenoxy) is 4. The van der Waals surface area contributed by atoms with Gasteiger partial charge in [-0.1, -0.05) is 35.1 Å². The fourth-order valence-electron chi connectivity index (χ4n) is 5.89. The SMILES string of the molecule is CCOC(=O)C1=C(C)N=c2s/c(=C\c3cc(C)n(-c4ccc(C)cc4C)c3C)c(=O)n2[C@H]1c1ccc(OCC(=O)OC)c(OCC)c1. The highest BCUT2D eigenvalue weighted by Crippen LogP contribution is 2.36. The summed E-state index contributed by atoms with van der Waals surface area (Å²) < 4.78 is 25.9. The molecular formula is C36H39N3O7S. The lowest BCUT2D eigenvalue weighted by atomic mass is 9.95. The molecule has 2 aromatic heterocycles. The van der Waals surface area contributed by atoms with Crippen molar-refractivity contribution in [3.8, 4) is 17.2 Å². The summed E-state index contributed by atoms with van der Waals surface area (Å²) in [5.74, 6) is -0.422.